The number of hydrogen-bond donors (Lipinski definition) is 0. The molecule has 72 heavy (non-hydrogen) atoms. The van der Waals surface area contributed by atoms with Crippen LogP contribution in [0.5, 0.6) is 0 Å². The Morgan fingerprint density at radius 3 is 1.86 bits per heavy atom. The van der Waals surface area contributed by atoms with Crippen molar-refractivity contribution in [2.45, 2.75) is 280 Å². The van der Waals surface area contributed by atoms with E-state index in [4.69, 9.17) is 71.8 Å². The number of carbonyl (C=O) groups excluding carboxylic acids is 1. The monoisotopic (exact) mass is 1120 g/mol. The van der Waals surface area contributed by atoms with E-state index in [1.807, 2.05) is 12.2 Å². The molecule has 0 amide bonds. The second kappa shape index (κ2) is 25.9. The Morgan fingerprint density at radius 1 is 0.806 bits per heavy atom. The first-order valence-corrected chi connectivity index (χ1v) is 35.8. The fraction of sp³-hybridized carbons (Fsp3) is 0.807. The third-order valence-corrected chi connectivity index (χ3v) is 35.1. The molecule has 0 saturated carbocycles. The largest absolute Gasteiger partial charge is 0.462 e. The molecule has 0 aliphatic carbocycles. The fourth-order valence-electron chi connectivity index (χ4n) is 12.8. The minimum Gasteiger partial charge on any atom is -0.462 e. The smallest absolute Gasteiger partial charge is 0.341 e. The van der Waals surface area contributed by atoms with Crippen LogP contribution in [-0.4, -0.2) is 104 Å². The SMILES string of the molecule is C=C[C@H]1O[C@H]2C[C@H]3O[C@H](CCCO[Si](C(C)C)(C(C)C)C(C)C)C[C@H](O[Si](C(C)C)(C(C)C)C(C)C)[C@@H]3O[C@]2(C)CC[C@@H]1O[C@H](CCCOC(=O)c1c(Cl)cc(Cl)cc1Cl)[C@](C)(C=C)O[Si](C)(C)C(C)(C)C. The molecule has 0 unspecified atom stereocenters. The number of fused-ring (bicyclic) bond motifs is 2. The number of hydrogen-bond acceptors (Lipinski definition) is 9. The molecule has 0 radical (unpaired) electrons. The van der Waals surface area contributed by atoms with Gasteiger partial charge in [0.1, 0.15) is 12.2 Å². The van der Waals surface area contributed by atoms with Crippen LogP contribution in [0.1, 0.15) is 179 Å². The second-order valence-electron chi connectivity index (χ2n) is 25.2. The van der Waals surface area contributed by atoms with Gasteiger partial charge < -0.3 is 37.0 Å². The van der Waals surface area contributed by atoms with Gasteiger partial charge in [-0.15, -0.1) is 13.2 Å². The van der Waals surface area contributed by atoms with Crippen LogP contribution in [0.2, 0.25) is 66.4 Å². The van der Waals surface area contributed by atoms with Crippen molar-refractivity contribution in [2.24, 2.45) is 0 Å². The van der Waals surface area contributed by atoms with Gasteiger partial charge >= 0.3 is 5.97 Å². The van der Waals surface area contributed by atoms with Crippen molar-refractivity contribution >= 4 is 65.7 Å². The maximum atomic E-state index is 13.3. The third-order valence-electron chi connectivity index (χ3n) is 17.5. The fourth-order valence-corrected chi connectivity index (χ4v) is 26.4. The Morgan fingerprint density at radius 2 is 1.36 bits per heavy atom. The molecule has 1 aromatic carbocycles. The van der Waals surface area contributed by atoms with Gasteiger partial charge in [0.05, 0.1) is 70.0 Å². The van der Waals surface area contributed by atoms with Gasteiger partial charge in [-0.2, -0.15) is 0 Å². The van der Waals surface area contributed by atoms with Gasteiger partial charge in [-0.3, -0.25) is 0 Å². The zero-order valence-electron chi connectivity index (χ0n) is 48.2. The lowest BCUT2D eigenvalue weighted by Gasteiger charge is -2.55. The first-order valence-electron chi connectivity index (χ1n) is 27.5. The van der Waals surface area contributed by atoms with Crippen LogP contribution >= 0.6 is 34.8 Å². The zero-order valence-corrected chi connectivity index (χ0v) is 53.5. The average Bonchev–Trinajstić information content (AvgIpc) is 3.38. The molecule has 10 atom stereocenters. The molecule has 9 nitrogen and oxygen atoms in total. The summed E-state index contributed by atoms with van der Waals surface area (Å²) in [5.41, 5.74) is 1.43. The highest BCUT2D eigenvalue weighted by molar-refractivity contribution is 6.78. The first kappa shape index (κ1) is 63.9. The van der Waals surface area contributed by atoms with E-state index in [9.17, 15) is 4.79 Å². The number of esters is 1. The molecule has 0 spiro atoms. The lowest BCUT2D eigenvalue weighted by molar-refractivity contribution is -0.288. The average molecular weight is 1120 g/mol. The van der Waals surface area contributed by atoms with E-state index in [0.29, 0.717) is 70.4 Å². The minimum absolute atomic E-state index is 0.00828. The molecule has 3 saturated heterocycles. The Kier molecular flexibility index (Phi) is 23.0. The van der Waals surface area contributed by atoms with Crippen LogP contribution in [0, 0.1) is 0 Å². The van der Waals surface area contributed by atoms with Crippen molar-refractivity contribution in [3.05, 3.63) is 58.1 Å². The van der Waals surface area contributed by atoms with Crippen LogP contribution in [0.3, 0.4) is 0 Å². The van der Waals surface area contributed by atoms with Crippen LogP contribution in [0.25, 0.3) is 0 Å². The maximum absolute atomic E-state index is 13.3. The van der Waals surface area contributed by atoms with E-state index in [2.05, 4.69) is 144 Å². The van der Waals surface area contributed by atoms with Crippen molar-refractivity contribution in [1.82, 2.24) is 0 Å². The van der Waals surface area contributed by atoms with Gasteiger partial charge in [-0.1, -0.05) is 151 Å². The number of benzene rings is 1. The van der Waals surface area contributed by atoms with Crippen molar-refractivity contribution in [2.75, 3.05) is 13.2 Å². The predicted octanol–water partition coefficient (Wildman–Crippen LogP) is 17.3. The molecule has 0 bridgehead atoms. The standard InChI is InChI=1S/C57H99Cl3O9Si3/c1-22-46-47(66-50(56(18,23-2)69-70(20,21)55(15,16)17)27-25-30-62-54(61)52-44(59)32-42(58)33-45(52)60)28-29-57(19)51(65-46)35-48-53(67-57)49(68-72(39(9)10,40(11)12)41(13)14)34-43(64-48)26-24-31-63-71(36(3)4,37(5)6)38(7)8/h22-23,32-33,36-41,43,46-51,53H,1-2,24-31,34-35H2,3-21H3/t43-,46-,47+,48-,49+,50-,51+,53-,56+,57-/m1/s1. The summed E-state index contributed by atoms with van der Waals surface area (Å²) >= 11 is 18.9. The van der Waals surface area contributed by atoms with Crippen LogP contribution in [-0.2, 0) is 37.0 Å². The lowest BCUT2D eigenvalue weighted by Crippen LogP contribution is -2.65. The summed E-state index contributed by atoms with van der Waals surface area (Å²) < 4.78 is 57.0. The minimum atomic E-state index is -2.37. The highest BCUT2D eigenvalue weighted by Gasteiger charge is 2.58. The molecule has 4 rings (SSSR count). The molecule has 3 heterocycles. The molecule has 0 N–H and O–H groups in total. The topological polar surface area (TPSA) is 90.9 Å². The summed E-state index contributed by atoms with van der Waals surface area (Å²) in [6, 6.07) is 2.96. The summed E-state index contributed by atoms with van der Waals surface area (Å²) in [7, 11) is -6.69. The second-order valence-corrected chi connectivity index (χ2v) is 42.1. The van der Waals surface area contributed by atoms with Crippen molar-refractivity contribution in [1.29, 1.82) is 0 Å². The van der Waals surface area contributed by atoms with Gasteiger partial charge in [0.15, 0.2) is 16.6 Å². The molecule has 0 aromatic heterocycles. The molecule has 3 aliphatic heterocycles. The van der Waals surface area contributed by atoms with Crippen molar-refractivity contribution in [3.63, 3.8) is 0 Å². The maximum Gasteiger partial charge on any atom is 0.341 e. The quantitative estimate of drug-likeness (QED) is 0.0411. The normalized spacial score (nSPS) is 27.0. The summed E-state index contributed by atoms with van der Waals surface area (Å²) in [6.07, 6.45) is 7.18. The van der Waals surface area contributed by atoms with Gasteiger partial charge in [-0.05, 0) is 116 Å². The molecule has 3 aliphatic rings. The van der Waals surface area contributed by atoms with Crippen LogP contribution in [0.15, 0.2) is 37.4 Å². The van der Waals surface area contributed by atoms with E-state index < -0.39 is 54.3 Å². The summed E-state index contributed by atoms with van der Waals surface area (Å²) in [6.45, 7) is 53.2. The number of carbonyl (C=O) groups is 1. The van der Waals surface area contributed by atoms with E-state index >= 15 is 0 Å². The molecule has 1 aromatic rings. The lowest BCUT2D eigenvalue weighted by atomic mass is 9.81. The highest BCUT2D eigenvalue weighted by atomic mass is 35.5. The van der Waals surface area contributed by atoms with Gasteiger partial charge in [0, 0.05) is 24.5 Å². The molecular formula is C57H99Cl3O9Si3. The van der Waals surface area contributed by atoms with E-state index in [-0.39, 0.29) is 63.9 Å². The van der Waals surface area contributed by atoms with Crippen LogP contribution in [0.4, 0.5) is 0 Å². The van der Waals surface area contributed by atoms with E-state index in [1.165, 1.54) is 12.1 Å². The predicted molar refractivity (Wildman–Crippen MR) is 308 cm³/mol. The highest BCUT2D eigenvalue weighted by Crippen LogP contribution is 2.50. The summed E-state index contributed by atoms with van der Waals surface area (Å²) in [5, 5.41) is 0.526. The molecule has 15 heteroatoms. The van der Waals surface area contributed by atoms with Gasteiger partial charge in [0.25, 0.3) is 0 Å². The summed E-state index contributed by atoms with van der Waals surface area (Å²) in [5.74, 6) is -0.617. The summed E-state index contributed by atoms with van der Waals surface area (Å²) in [4.78, 5) is 13.3. The van der Waals surface area contributed by atoms with Gasteiger partial charge in [-0.25, -0.2) is 4.79 Å². The molecule has 3 fully saturated rings. The van der Waals surface area contributed by atoms with Crippen LogP contribution < -0.4 is 0 Å². The Labute approximate surface area is 456 Å². The van der Waals surface area contributed by atoms with Crippen molar-refractivity contribution < 1.29 is 41.8 Å². The Bertz CT molecular complexity index is 1870. The first-order chi connectivity index (χ1) is 33.3. The number of ether oxygens (including phenoxy) is 5. The van der Waals surface area contributed by atoms with Crippen molar-refractivity contribution in [3.8, 4) is 0 Å². The Balaban J connectivity index is 1.64. The zero-order chi connectivity index (χ0) is 54.5. The van der Waals surface area contributed by atoms with Gasteiger partial charge in [0.2, 0.25) is 8.32 Å². The Hall–Kier alpha value is -0.589. The molecule has 414 valence electrons. The number of halogens is 3. The molecular weight excluding hydrogens is 1020 g/mol. The third kappa shape index (κ3) is 14.4. The number of rotatable bonds is 25. The van der Waals surface area contributed by atoms with E-state index in [0.717, 1.165) is 25.9 Å². The van der Waals surface area contributed by atoms with E-state index in [1.54, 1.807) is 0 Å².